The minimum atomic E-state index is -3.25. The maximum absolute atomic E-state index is 11.6. The molecule has 18 heavy (non-hydrogen) atoms. The van der Waals surface area contributed by atoms with Crippen molar-refractivity contribution >= 4 is 10.2 Å². The van der Waals surface area contributed by atoms with Crippen LogP contribution in [0.25, 0.3) is 0 Å². The molecule has 0 amide bonds. The van der Waals surface area contributed by atoms with Crippen molar-refractivity contribution in [2.24, 2.45) is 0 Å². The van der Waals surface area contributed by atoms with Crippen LogP contribution in [0.15, 0.2) is 18.2 Å². The van der Waals surface area contributed by atoms with Crippen LogP contribution in [0.5, 0.6) is 5.75 Å². The molecule has 0 saturated carbocycles. The smallest absolute Gasteiger partial charge is 0.279 e. The van der Waals surface area contributed by atoms with Gasteiger partial charge in [-0.25, -0.2) is 0 Å². The van der Waals surface area contributed by atoms with Crippen LogP contribution >= 0.6 is 0 Å². The second kappa shape index (κ2) is 4.53. The van der Waals surface area contributed by atoms with E-state index in [9.17, 15) is 8.42 Å². The van der Waals surface area contributed by atoms with E-state index in [0.717, 1.165) is 30.8 Å². The van der Waals surface area contributed by atoms with Crippen LogP contribution in [0.3, 0.4) is 0 Å². The molecule has 0 bridgehead atoms. The Morgan fingerprint density at radius 2 is 2.17 bits per heavy atom. The van der Waals surface area contributed by atoms with Crippen molar-refractivity contribution in [3.05, 3.63) is 29.3 Å². The molecule has 0 aromatic heterocycles. The highest BCUT2D eigenvalue weighted by Crippen LogP contribution is 2.25. The third kappa shape index (κ3) is 2.50. The monoisotopic (exact) mass is 268 g/mol. The number of nitrogens with zero attached hydrogens (tertiary/aromatic N) is 1. The average Bonchev–Trinajstić information content (AvgIpc) is 3.21. The van der Waals surface area contributed by atoms with Gasteiger partial charge in [-0.05, 0) is 30.0 Å². The van der Waals surface area contributed by atoms with Crippen molar-refractivity contribution < 1.29 is 13.2 Å². The number of benzene rings is 1. The maximum atomic E-state index is 11.6. The molecule has 1 N–H and O–H groups in total. The Kier molecular flexibility index (Phi) is 3.01. The summed E-state index contributed by atoms with van der Waals surface area (Å²) < 4.78 is 32.8. The zero-order valence-electron chi connectivity index (χ0n) is 10.1. The fraction of sp³-hybridized carbons (Fsp3) is 0.500. The summed E-state index contributed by atoms with van der Waals surface area (Å²) in [6, 6.07) is 5.86. The number of hydrogen-bond acceptors (Lipinski definition) is 3. The average molecular weight is 268 g/mol. The van der Waals surface area contributed by atoms with E-state index in [1.54, 1.807) is 0 Å². The highest BCUT2D eigenvalue weighted by molar-refractivity contribution is 7.87. The van der Waals surface area contributed by atoms with Crippen LogP contribution < -0.4 is 9.46 Å². The molecule has 2 aliphatic rings. The predicted molar refractivity (Wildman–Crippen MR) is 67.6 cm³/mol. The van der Waals surface area contributed by atoms with Crippen LogP contribution in [0.4, 0.5) is 0 Å². The number of rotatable bonds is 4. The fourth-order valence-electron chi connectivity index (χ4n) is 2.07. The Morgan fingerprint density at radius 3 is 2.94 bits per heavy atom. The summed E-state index contributed by atoms with van der Waals surface area (Å²) in [5, 5.41) is 0. The number of nitrogens with one attached hydrogen (secondary N) is 1. The Balaban J connectivity index is 1.69. The molecule has 0 unspecified atom stereocenters. The third-order valence-corrected chi connectivity index (χ3v) is 4.73. The lowest BCUT2D eigenvalue weighted by Crippen LogP contribution is -2.29. The van der Waals surface area contributed by atoms with Gasteiger partial charge in [0, 0.05) is 19.6 Å². The Labute approximate surface area is 107 Å². The molecule has 5 nitrogen and oxygen atoms in total. The lowest BCUT2D eigenvalue weighted by atomic mass is 10.0. The molecule has 1 aromatic carbocycles. The lowest BCUT2D eigenvalue weighted by molar-refractivity contribution is 0.288. The molecule has 2 heterocycles. The molecule has 1 aromatic rings. The Hall–Kier alpha value is -1.11. The topological polar surface area (TPSA) is 58.4 Å². The van der Waals surface area contributed by atoms with Gasteiger partial charge in [-0.15, -0.1) is 0 Å². The molecule has 98 valence electrons. The first-order chi connectivity index (χ1) is 8.65. The van der Waals surface area contributed by atoms with Gasteiger partial charge in [-0.2, -0.15) is 17.4 Å². The second-order valence-corrected chi connectivity index (χ2v) is 6.37. The van der Waals surface area contributed by atoms with Gasteiger partial charge in [0.1, 0.15) is 5.75 Å². The van der Waals surface area contributed by atoms with Crippen molar-refractivity contribution in [2.45, 2.75) is 19.4 Å². The van der Waals surface area contributed by atoms with Crippen molar-refractivity contribution in [3.8, 4) is 5.75 Å². The molecule has 0 spiro atoms. The molecular weight excluding hydrogens is 252 g/mol. The van der Waals surface area contributed by atoms with Crippen LogP contribution in [-0.2, 0) is 23.2 Å². The van der Waals surface area contributed by atoms with Crippen LogP contribution in [0.2, 0.25) is 0 Å². The summed E-state index contributed by atoms with van der Waals surface area (Å²) in [5.41, 5.74) is 2.15. The molecule has 1 fully saturated rings. The Bertz CT molecular complexity index is 552. The first kappa shape index (κ1) is 12.0. The SMILES string of the molecule is O=S(=O)(NCc1ccc2c(c1)CCCO2)N1CC1. The zero-order valence-corrected chi connectivity index (χ0v) is 10.9. The summed E-state index contributed by atoms with van der Waals surface area (Å²) in [4.78, 5) is 0. The van der Waals surface area contributed by atoms with Gasteiger partial charge in [-0.3, -0.25) is 0 Å². The van der Waals surface area contributed by atoms with Gasteiger partial charge in [0.05, 0.1) is 6.61 Å². The quantitative estimate of drug-likeness (QED) is 0.816. The number of fused-ring (bicyclic) bond motifs is 1. The fourth-order valence-corrected chi connectivity index (χ4v) is 3.16. The van der Waals surface area contributed by atoms with Gasteiger partial charge >= 0.3 is 0 Å². The molecule has 0 radical (unpaired) electrons. The van der Waals surface area contributed by atoms with Crippen molar-refractivity contribution in [1.82, 2.24) is 9.03 Å². The van der Waals surface area contributed by atoms with Gasteiger partial charge in [0.25, 0.3) is 10.2 Å². The summed E-state index contributed by atoms with van der Waals surface area (Å²) in [6.45, 7) is 2.38. The van der Waals surface area contributed by atoms with Crippen LogP contribution in [0.1, 0.15) is 17.5 Å². The molecule has 6 heteroatoms. The van der Waals surface area contributed by atoms with E-state index in [0.29, 0.717) is 19.6 Å². The number of aryl methyl sites for hydroxylation is 1. The van der Waals surface area contributed by atoms with E-state index in [-0.39, 0.29) is 0 Å². The first-order valence-electron chi connectivity index (χ1n) is 6.14. The molecule has 1 saturated heterocycles. The minimum Gasteiger partial charge on any atom is -0.493 e. The maximum Gasteiger partial charge on any atom is 0.279 e. The molecule has 0 aliphatic carbocycles. The standard InChI is InChI=1S/C12H16N2O3S/c15-18(16,14-5-6-14)13-9-10-3-4-12-11(8-10)2-1-7-17-12/h3-4,8,13H,1-2,5-7,9H2. The minimum absolute atomic E-state index is 0.339. The van der Waals surface area contributed by atoms with Gasteiger partial charge < -0.3 is 4.74 Å². The largest absolute Gasteiger partial charge is 0.493 e. The molecular formula is C12H16N2O3S. The van der Waals surface area contributed by atoms with E-state index < -0.39 is 10.2 Å². The number of ether oxygens (including phenoxy) is 1. The summed E-state index contributed by atoms with van der Waals surface area (Å²) in [7, 11) is -3.25. The van der Waals surface area contributed by atoms with Gasteiger partial charge in [-0.1, -0.05) is 12.1 Å². The first-order valence-corrected chi connectivity index (χ1v) is 7.58. The van der Waals surface area contributed by atoms with Gasteiger partial charge in [0.15, 0.2) is 0 Å². The van der Waals surface area contributed by atoms with Crippen molar-refractivity contribution in [2.75, 3.05) is 19.7 Å². The van der Waals surface area contributed by atoms with Crippen LogP contribution in [0, 0.1) is 0 Å². The normalized spacial score (nSPS) is 19.1. The van der Waals surface area contributed by atoms with E-state index >= 15 is 0 Å². The van der Waals surface area contributed by atoms with E-state index in [4.69, 9.17) is 4.74 Å². The predicted octanol–water partition coefficient (Wildman–Crippen LogP) is 0.662. The van der Waals surface area contributed by atoms with E-state index in [2.05, 4.69) is 4.72 Å². The molecule has 2 aliphatic heterocycles. The van der Waals surface area contributed by atoms with E-state index in [1.165, 1.54) is 9.87 Å². The summed E-state index contributed by atoms with van der Waals surface area (Å²) in [5.74, 6) is 0.929. The highest BCUT2D eigenvalue weighted by atomic mass is 32.2. The molecule has 3 rings (SSSR count). The van der Waals surface area contributed by atoms with Crippen molar-refractivity contribution in [1.29, 1.82) is 0 Å². The number of hydrogen-bond donors (Lipinski definition) is 1. The second-order valence-electron chi connectivity index (χ2n) is 4.62. The summed E-state index contributed by atoms with van der Waals surface area (Å²) >= 11 is 0. The lowest BCUT2D eigenvalue weighted by Gasteiger charge is -2.18. The zero-order chi connectivity index (χ0) is 12.6. The third-order valence-electron chi connectivity index (χ3n) is 3.18. The molecule has 0 atom stereocenters. The van der Waals surface area contributed by atoms with E-state index in [1.807, 2.05) is 18.2 Å². The Morgan fingerprint density at radius 1 is 1.33 bits per heavy atom. The van der Waals surface area contributed by atoms with Crippen molar-refractivity contribution in [3.63, 3.8) is 0 Å². The van der Waals surface area contributed by atoms with Crippen LogP contribution in [-0.4, -0.2) is 32.4 Å². The highest BCUT2D eigenvalue weighted by Gasteiger charge is 2.31. The van der Waals surface area contributed by atoms with Gasteiger partial charge in [0.2, 0.25) is 0 Å². The summed E-state index contributed by atoms with van der Waals surface area (Å²) in [6.07, 6.45) is 2.03.